The number of rotatable bonds is 9. The molecule has 0 radical (unpaired) electrons. The van der Waals surface area contributed by atoms with Gasteiger partial charge in [0.15, 0.2) is 5.65 Å². The number of nitrogens with one attached hydrogen (secondary N) is 1. The molecular weight excluding hydrogens is 412 g/mol. The van der Waals surface area contributed by atoms with Crippen LogP contribution in [0.15, 0.2) is 41.6 Å². The van der Waals surface area contributed by atoms with Crippen LogP contribution in [0.2, 0.25) is 0 Å². The van der Waals surface area contributed by atoms with Gasteiger partial charge < -0.3 is 5.32 Å². The second-order valence-corrected chi connectivity index (χ2v) is 8.25. The molecule has 1 saturated carbocycles. The summed E-state index contributed by atoms with van der Waals surface area (Å²) in [7, 11) is 0. The van der Waals surface area contributed by atoms with Gasteiger partial charge in [0.05, 0.1) is 24.2 Å². The lowest BCUT2D eigenvalue weighted by Crippen LogP contribution is -2.28. The molecule has 0 saturated heterocycles. The molecule has 1 amide bonds. The Morgan fingerprint density at radius 1 is 1.28 bits per heavy atom. The topological polar surface area (TPSA) is 125 Å². The summed E-state index contributed by atoms with van der Waals surface area (Å²) in [5, 5.41) is 18.5. The zero-order chi connectivity index (χ0) is 22.5. The van der Waals surface area contributed by atoms with Crippen LogP contribution in [-0.4, -0.2) is 36.7 Å². The van der Waals surface area contributed by atoms with Crippen molar-refractivity contribution in [3.63, 3.8) is 0 Å². The Morgan fingerprint density at radius 3 is 2.88 bits per heavy atom. The van der Waals surface area contributed by atoms with Crippen LogP contribution in [0.3, 0.4) is 0 Å². The average molecular weight is 438 g/mol. The van der Waals surface area contributed by atoms with Gasteiger partial charge >= 0.3 is 0 Å². The largest absolute Gasteiger partial charge is 0.354 e. The Morgan fingerprint density at radius 2 is 2.09 bits per heavy atom. The highest BCUT2D eigenvalue weighted by molar-refractivity contribution is 5.76. The zero-order valence-corrected chi connectivity index (χ0v) is 17.8. The van der Waals surface area contributed by atoms with Gasteiger partial charge in [-0.15, -0.1) is 0 Å². The van der Waals surface area contributed by atoms with E-state index in [2.05, 4.69) is 15.4 Å². The number of aromatic nitrogens is 4. The number of nitro groups is 1. The number of nitro benzene ring substituents is 1. The van der Waals surface area contributed by atoms with E-state index >= 15 is 0 Å². The Labute approximate surface area is 184 Å². The van der Waals surface area contributed by atoms with Crippen molar-refractivity contribution in [3.8, 4) is 0 Å². The number of nitrogens with zero attached hydrogens (tertiary/aromatic N) is 5. The number of benzene rings is 1. The van der Waals surface area contributed by atoms with Crippen LogP contribution in [-0.2, 0) is 17.9 Å². The first kappa shape index (κ1) is 21.7. The van der Waals surface area contributed by atoms with Gasteiger partial charge in [0.1, 0.15) is 11.7 Å². The summed E-state index contributed by atoms with van der Waals surface area (Å²) in [5.41, 5.74) is 0.789. The van der Waals surface area contributed by atoms with Crippen molar-refractivity contribution in [3.05, 3.63) is 62.8 Å². The van der Waals surface area contributed by atoms with Crippen LogP contribution in [0.5, 0.6) is 0 Å². The van der Waals surface area contributed by atoms with Gasteiger partial charge in [0, 0.05) is 25.1 Å². The van der Waals surface area contributed by atoms with Crippen LogP contribution >= 0.6 is 0 Å². The lowest BCUT2D eigenvalue weighted by molar-refractivity contribution is -0.384. The van der Waals surface area contributed by atoms with Crippen molar-refractivity contribution >= 4 is 22.6 Å². The highest BCUT2D eigenvalue weighted by atomic mass is 16.6. The second kappa shape index (κ2) is 9.71. The molecule has 0 bridgehead atoms. The first-order valence-electron chi connectivity index (χ1n) is 10.9. The summed E-state index contributed by atoms with van der Waals surface area (Å²) >= 11 is 0. The van der Waals surface area contributed by atoms with Gasteiger partial charge in [0.25, 0.3) is 11.2 Å². The molecule has 3 aromatic rings. The Hall–Kier alpha value is -3.56. The molecule has 4 rings (SSSR count). The quantitative estimate of drug-likeness (QED) is 0.404. The SMILES string of the molecule is O=C(CCC1CCCC1)NCCn1ncc2c(=O)n(Cc3cccc([N+](=O)[O-])c3)cnc21. The number of hydrogen-bond donors (Lipinski definition) is 1. The number of fused-ring (bicyclic) bond motifs is 1. The maximum absolute atomic E-state index is 12.8. The maximum Gasteiger partial charge on any atom is 0.269 e. The van der Waals surface area contributed by atoms with E-state index in [1.54, 1.807) is 16.8 Å². The van der Waals surface area contributed by atoms with Crippen molar-refractivity contribution in [2.75, 3.05) is 6.54 Å². The fourth-order valence-corrected chi connectivity index (χ4v) is 4.26. The van der Waals surface area contributed by atoms with Gasteiger partial charge in [-0.1, -0.05) is 37.8 Å². The van der Waals surface area contributed by atoms with E-state index in [0.29, 0.717) is 42.0 Å². The Bertz CT molecular complexity index is 1180. The summed E-state index contributed by atoms with van der Waals surface area (Å²) in [6.07, 6.45) is 9.40. The summed E-state index contributed by atoms with van der Waals surface area (Å²) in [6, 6.07) is 6.16. The molecule has 2 heterocycles. The first-order chi connectivity index (χ1) is 15.5. The summed E-state index contributed by atoms with van der Waals surface area (Å²) in [4.78, 5) is 39.8. The summed E-state index contributed by atoms with van der Waals surface area (Å²) in [5.74, 6) is 0.727. The molecule has 0 aliphatic heterocycles. The molecule has 1 aliphatic carbocycles. The molecule has 0 spiro atoms. The van der Waals surface area contributed by atoms with Crippen LogP contribution in [0.1, 0.15) is 44.1 Å². The summed E-state index contributed by atoms with van der Waals surface area (Å²) in [6.45, 7) is 1.00. The van der Waals surface area contributed by atoms with E-state index in [4.69, 9.17) is 0 Å². The van der Waals surface area contributed by atoms with Gasteiger partial charge in [-0.3, -0.25) is 24.3 Å². The smallest absolute Gasteiger partial charge is 0.269 e. The van der Waals surface area contributed by atoms with Gasteiger partial charge in [0.2, 0.25) is 5.91 Å². The fraction of sp³-hybridized carbons (Fsp3) is 0.455. The standard InChI is InChI=1S/C22H26N6O4/c29-20(9-8-16-4-1-2-5-16)23-10-11-27-21-19(13-25-27)22(30)26(15-24-21)14-17-6-3-7-18(12-17)28(31)32/h3,6-7,12-13,15-16H,1-2,4-5,8-11,14H2,(H,23,29). The maximum atomic E-state index is 12.8. The number of amides is 1. The second-order valence-electron chi connectivity index (χ2n) is 8.25. The Kier molecular flexibility index (Phi) is 6.58. The normalized spacial score (nSPS) is 14.1. The third-order valence-electron chi connectivity index (χ3n) is 6.00. The number of carbonyl (C=O) groups is 1. The fourth-order valence-electron chi connectivity index (χ4n) is 4.26. The third kappa shape index (κ3) is 5.01. The van der Waals surface area contributed by atoms with E-state index in [1.165, 1.54) is 54.9 Å². The number of non-ortho nitro benzene ring substituents is 1. The molecular formula is C22H26N6O4. The predicted molar refractivity (Wildman–Crippen MR) is 118 cm³/mol. The Balaban J connectivity index is 1.37. The van der Waals surface area contributed by atoms with E-state index in [1.807, 2.05) is 0 Å². The van der Waals surface area contributed by atoms with E-state index in [-0.39, 0.29) is 23.7 Å². The van der Waals surface area contributed by atoms with Crippen molar-refractivity contribution in [1.29, 1.82) is 0 Å². The first-order valence-corrected chi connectivity index (χ1v) is 10.9. The van der Waals surface area contributed by atoms with Crippen LogP contribution in [0, 0.1) is 16.0 Å². The zero-order valence-electron chi connectivity index (χ0n) is 17.8. The van der Waals surface area contributed by atoms with Crippen LogP contribution in [0.4, 0.5) is 5.69 Å². The lowest BCUT2D eigenvalue weighted by atomic mass is 10.0. The molecule has 1 fully saturated rings. The average Bonchev–Trinajstić information content (AvgIpc) is 3.45. The monoisotopic (exact) mass is 438 g/mol. The minimum absolute atomic E-state index is 0.0253. The molecule has 0 unspecified atom stereocenters. The number of hydrogen-bond acceptors (Lipinski definition) is 6. The van der Waals surface area contributed by atoms with Crippen molar-refractivity contribution < 1.29 is 9.72 Å². The third-order valence-corrected chi connectivity index (χ3v) is 6.00. The van der Waals surface area contributed by atoms with E-state index in [0.717, 1.165) is 6.42 Å². The lowest BCUT2D eigenvalue weighted by Gasteiger charge is -2.09. The van der Waals surface area contributed by atoms with Crippen molar-refractivity contribution in [2.45, 2.75) is 51.6 Å². The predicted octanol–water partition coefficient (Wildman–Crippen LogP) is 2.64. The molecule has 2 aromatic heterocycles. The molecule has 10 nitrogen and oxygen atoms in total. The van der Waals surface area contributed by atoms with Crippen LogP contribution in [0.25, 0.3) is 11.0 Å². The van der Waals surface area contributed by atoms with Crippen LogP contribution < -0.4 is 10.9 Å². The van der Waals surface area contributed by atoms with Gasteiger partial charge in [-0.05, 0) is 17.9 Å². The van der Waals surface area contributed by atoms with E-state index in [9.17, 15) is 19.7 Å². The van der Waals surface area contributed by atoms with E-state index < -0.39 is 4.92 Å². The minimum Gasteiger partial charge on any atom is -0.354 e. The molecule has 1 aromatic carbocycles. The molecule has 0 atom stereocenters. The van der Waals surface area contributed by atoms with Gasteiger partial charge in [-0.2, -0.15) is 5.10 Å². The minimum atomic E-state index is -0.467. The molecule has 1 N–H and O–H groups in total. The highest BCUT2D eigenvalue weighted by Crippen LogP contribution is 2.28. The van der Waals surface area contributed by atoms with Crippen molar-refractivity contribution in [1.82, 2.24) is 24.6 Å². The highest BCUT2D eigenvalue weighted by Gasteiger charge is 2.16. The summed E-state index contributed by atoms with van der Waals surface area (Å²) < 4.78 is 3.00. The molecule has 10 heteroatoms. The number of carbonyl (C=O) groups excluding carboxylic acids is 1. The molecule has 32 heavy (non-hydrogen) atoms. The van der Waals surface area contributed by atoms with Crippen molar-refractivity contribution in [2.24, 2.45) is 5.92 Å². The van der Waals surface area contributed by atoms with Gasteiger partial charge in [-0.25, -0.2) is 9.67 Å². The molecule has 168 valence electrons. The molecule has 1 aliphatic rings.